The molecule has 2 amide bonds. The highest BCUT2D eigenvalue weighted by atomic mass is 16.2. The normalized spacial score (nSPS) is 11.1. The van der Waals surface area contributed by atoms with Crippen molar-refractivity contribution in [3.8, 4) is 0 Å². The molecule has 132 valence electrons. The number of benzene rings is 2. The van der Waals surface area contributed by atoms with E-state index in [1.165, 1.54) is 0 Å². The molecule has 4 heteroatoms. The smallest absolute Gasteiger partial charge is 0.233 e. The van der Waals surface area contributed by atoms with Crippen LogP contribution in [0, 0.1) is 13.8 Å². The Morgan fingerprint density at radius 2 is 1.52 bits per heavy atom. The van der Waals surface area contributed by atoms with Crippen LogP contribution in [0.25, 0.3) is 0 Å². The lowest BCUT2D eigenvalue weighted by molar-refractivity contribution is -0.123. The second kappa shape index (κ2) is 7.51. The first kappa shape index (κ1) is 18.7. The Kier molecular flexibility index (Phi) is 5.62. The zero-order valence-corrected chi connectivity index (χ0v) is 15.6. The Hall–Kier alpha value is -2.62. The molecule has 0 heterocycles. The lowest BCUT2D eigenvalue weighted by Gasteiger charge is -2.23. The summed E-state index contributed by atoms with van der Waals surface area (Å²) in [6.07, 6.45) is -0.217. The van der Waals surface area contributed by atoms with Crippen molar-refractivity contribution in [1.29, 1.82) is 0 Å². The molecule has 2 aromatic carbocycles. The summed E-state index contributed by atoms with van der Waals surface area (Å²) in [6, 6.07) is 13.4. The van der Waals surface area contributed by atoms with E-state index < -0.39 is 0 Å². The van der Waals surface area contributed by atoms with Gasteiger partial charge in [-0.1, -0.05) is 45.0 Å². The monoisotopic (exact) mass is 338 g/mol. The van der Waals surface area contributed by atoms with Crippen LogP contribution in [0.2, 0.25) is 0 Å². The van der Waals surface area contributed by atoms with Crippen LogP contribution in [0.4, 0.5) is 11.4 Å². The fourth-order valence-electron chi connectivity index (χ4n) is 2.61. The molecule has 2 N–H and O–H groups in total. The quantitative estimate of drug-likeness (QED) is 0.802. The predicted octanol–water partition coefficient (Wildman–Crippen LogP) is 4.57. The maximum atomic E-state index is 12.2. The van der Waals surface area contributed by atoms with Gasteiger partial charge < -0.3 is 10.6 Å². The summed E-state index contributed by atoms with van der Waals surface area (Å²) in [6.45, 7) is 10.3. The molecule has 0 spiro atoms. The van der Waals surface area contributed by atoms with Crippen molar-refractivity contribution < 1.29 is 9.59 Å². The minimum atomic E-state index is -0.325. The number of hydrogen-bond donors (Lipinski definition) is 2. The van der Waals surface area contributed by atoms with E-state index in [4.69, 9.17) is 0 Å². The van der Waals surface area contributed by atoms with E-state index in [1.54, 1.807) is 0 Å². The third-order valence-corrected chi connectivity index (χ3v) is 4.12. The minimum Gasteiger partial charge on any atom is -0.326 e. The number of carbonyl (C=O) groups is 2. The number of hydrogen-bond acceptors (Lipinski definition) is 2. The maximum absolute atomic E-state index is 12.2. The molecule has 0 radical (unpaired) electrons. The van der Waals surface area contributed by atoms with Gasteiger partial charge in [-0.25, -0.2) is 0 Å². The zero-order valence-electron chi connectivity index (χ0n) is 15.6. The van der Waals surface area contributed by atoms with E-state index in [-0.39, 0.29) is 23.7 Å². The molecule has 0 saturated carbocycles. The third kappa shape index (κ3) is 5.18. The Labute approximate surface area is 149 Å². The summed E-state index contributed by atoms with van der Waals surface area (Å²) in [4.78, 5) is 24.4. The van der Waals surface area contributed by atoms with Gasteiger partial charge in [0.1, 0.15) is 6.42 Å². The minimum absolute atomic E-state index is 0.0917. The van der Waals surface area contributed by atoms with E-state index in [0.29, 0.717) is 5.69 Å². The molecule has 0 unspecified atom stereocenters. The van der Waals surface area contributed by atoms with Gasteiger partial charge in [0.05, 0.1) is 0 Å². The summed E-state index contributed by atoms with van der Waals surface area (Å²) >= 11 is 0. The van der Waals surface area contributed by atoms with Gasteiger partial charge in [-0.15, -0.1) is 0 Å². The highest BCUT2D eigenvalue weighted by Crippen LogP contribution is 2.29. The van der Waals surface area contributed by atoms with E-state index in [9.17, 15) is 9.59 Å². The van der Waals surface area contributed by atoms with Crippen LogP contribution in [0.3, 0.4) is 0 Å². The third-order valence-electron chi connectivity index (χ3n) is 4.12. The summed E-state index contributed by atoms with van der Waals surface area (Å²) in [5.74, 6) is -0.646. The number of rotatable bonds is 4. The van der Waals surface area contributed by atoms with Crippen molar-refractivity contribution in [2.45, 2.75) is 46.5 Å². The SMILES string of the molecule is Cc1ccc(NC(=O)CC(=O)Nc2ccccc2C(C)(C)C)cc1C. The van der Waals surface area contributed by atoms with Gasteiger partial charge in [0.25, 0.3) is 0 Å². The molecular formula is C21H26N2O2. The molecule has 2 rings (SSSR count). The molecule has 0 aliphatic rings. The summed E-state index contributed by atoms with van der Waals surface area (Å²) < 4.78 is 0. The van der Waals surface area contributed by atoms with Crippen molar-refractivity contribution in [2.75, 3.05) is 10.6 Å². The molecule has 0 saturated heterocycles. The van der Waals surface area contributed by atoms with Crippen LogP contribution in [-0.4, -0.2) is 11.8 Å². The Bertz CT molecular complexity index is 789. The van der Waals surface area contributed by atoms with Gasteiger partial charge in [-0.3, -0.25) is 9.59 Å². The fraction of sp³-hybridized carbons (Fsp3) is 0.333. The molecule has 4 nitrogen and oxygen atoms in total. The fourth-order valence-corrected chi connectivity index (χ4v) is 2.61. The van der Waals surface area contributed by atoms with Crippen LogP contribution in [0.15, 0.2) is 42.5 Å². The van der Waals surface area contributed by atoms with Gasteiger partial charge in [0.15, 0.2) is 0 Å². The Morgan fingerprint density at radius 3 is 2.16 bits per heavy atom. The number of amides is 2. The van der Waals surface area contributed by atoms with Gasteiger partial charge in [0.2, 0.25) is 11.8 Å². The maximum Gasteiger partial charge on any atom is 0.233 e. The highest BCUT2D eigenvalue weighted by Gasteiger charge is 2.19. The first-order chi connectivity index (χ1) is 11.7. The Balaban J connectivity index is 2.01. The van der Waals surface area contributed by atoms with Crippen LogP contribution < -0.4 is 10.6 Å². The molecule has 0 aliphatic carbocycles. The van der Waals surface area contributed by atoms with Crippen LogP contribution in [0.5, 0.6) is 0 Å². The number of aryl methyl sites for hydroxylation is 2. The number of anilines is 2. The average molecular weight is 338 g/mol. The van der Waals surface area contributed by atoms with Crippen molar-refractivity contribution in [3.63, 3.8) is 0 Å². The summed E-state index contributed by atoms with van der Waals surface area (Å²) in [7, 11) is 0. The van der Waals surface area contributed by atoms with Gasteiger partial charge >= 0.3 is 0 Å². The first-order valence-electron chi connectivity index (χ1n) is 8.43. The van der Waals surface area contributed by atoms with Crippen LogP contribution in [0.1, 0.15) is 43.9 Å². The highest BCUT2D eigenvalue weighted by molar-refractivity contribution is 6.08. The number of carbonyl (C=O) groups excluding carboxylic acids is 2. The molecule has 2 aromatic rings. The number of nitrogens with one attached hydrogen (secondary N) is 2. The molecule has 0 fully saturated rings. The van der Waals surface area contributed by atoms with Crippen molar-refractivity contribution in [1.82, 2.24) is 0 Å². The molecule has 0 bridgehead atoms. The lowest BCUT2D eigenvalue weighted by atomic mass is 9.86. The van der Waals surface area contributed by atoms with Gasteiger partial charge in [-0.2, -0.15) is 0 Å². The molecule has 0 atom stereocenters. The zero-order chi connectivity index (χ0) is 18.6. The van der Waals surface area contributed by atoms with Crippen molar-refractivity contribution in [2.24, 2.45) is 0 Å². The summed E-state index contributed by atoms with van der Waals surface area (Å²) in [5, 5.41) is 5.63. The summed E-state index contributed by atoms with van der Waals surface area (Å²) in [5.41, 5.74) is 4.66. The molecule has 25 heavy (non-hydrogen) atoms. The Morgan fingerprint density at radius 1 is 0.880 bits per heavy atom. The predicted molar refractivity (Wildman–Crippen MR) is 103 cm³/mol. The topological polar surface area (TPSA) is 58.2 Å². The molecule has 0 aromatic heterocycles. The average Bonchev–Trinajstić information content (AvgIpc) is 2.50. The van der Waals surface area contributed by atoms with Gasteiger partial charge in [0, 0.05) is 11.4 Å². The van der Waals surface area contributed by atoms with Crippen LogP contribution >= 0.6 is 0 Å². The largest absolute Gasteiger partial charge is 0.326 e. The van der Waals surface area contributed by atoms with E-state index in [0.717, 1.165) is 22.4 Å². The molecular weight excluding hydrogens is 312 g/mol. The second-order valence-corrected chi connectivity index (χ2v) is 7.37. The van der Waals surface area contributed by atoms with E-state index in [2.05, 4.69) is 31.4 Å². The van der Waals surface area contributed by atoms with Gasteiger partial charge in [-0.05, 0) is 54.2 Å². The first-order valence-corrected chi connectivity index (χ1v) is 8.43. The standard InChI is InChI=1S/C21H26N2O2/c1-14-10-11-16(12-15(14)2)22-19(24)13-20(25)23-18-9-7-6-8-17(18)21(3,4)5/h6-12H,13H2,1-5H3,(H,22,24)(H,23,25). The second-order valence-electron chi connectivity index (χ2n) is 7.37. The van der Waals surface area contributed by atoms with Crippen molar-refractivity contribution >= 4 is 23.2 Å². The van der Waals surface area contributed by atoms with Crippen LogP contribution in [-0.2, 0) is 15.0 Å². The van der Waals surface area contributed by atoms with Crippen molar-refractivity contribution in [3.05, 3.63) is 59.2 Å². The lowest BCUT2D eigenvalue weighted by Crippen LogP contribution is -2.23. The van der Waals surface area contributed by atoms with E-state index in [1.807, 2.05) is 56.3 Å². The number of para-hydroxylation sites is 1. The molecule has 0 aliphatic heterocycles. The van der Waals surface area contributed by atoms with E-state index >= 15 is 0 Å².